The number of anilines is 2. The van der Waals surface area contributed by atoms with Crippen molar-refractivity contribution in [2.75, 3.05) is 37.3 Å². The molecular weight excluding hydrogens is 200 g/mol. The van der Waals surface area contributed by atoms with Crippen LogP contribution in [0.4, 0.5) is 11.5 Å². The predicted octanol–water partition coefficient (Wildman–Crippen LogP) is 1.19. The lowest BCUT2D eigenvalue weighted by molar-refractivity contribution is 0.337. The summed E-state index contributed by atoms with van der Waals surface area (Å²) in [5.74, 6) is 0.599. The summed E-state index contributed by atoms with van der Waals surface area (Å²) in [6, 6.07) is 4.52. The Hall–Kier alpha value is -1.29. The van der Waals surface area contributed by atoms with Gasteiger partial charge < -0.3 is 15.5 Å². The standard InChI is InChI=1S/C12H20N4/c1-10-9-15(2)6-3-7-16(10)11-4-5-14-12(13)8-11/h4-5,8,10H,3,6-7,9H2,1-2H3,(H2,13,14). The Morgan fingerprint density at radius 3 is 3.00 bits per heavy atom. The lowest BCUT2D eigenvalue weighted by Crippen LogP contribution is -2.37. The Balaban J connectivity index is 2.19. The molecule has 0 bridgehead atoms. The van der Waals surface area contributed by atoms with Crippen LogP contribution in [0.25, 0.3) is 0 Å². The smallest absolute Gasteiger partial charge is 0.125 e. The lowest BCUT2D eigenvalue weighted by atomic mass is 10.2. The molecule has 0 aromatic carbocycles. The Kier molecular flexibility index (Phi) is 3.29. The van der Waals surface area contributed by atoms with E-state index in [0.29, 0.717) is 11.9 Å². The zero-order valence-electron chi connectivity index (χ0n) is 10.1. The second-order valence-corrected chi connectivity index (χ2v) is 4.60. The summed E-state index contributed by atoms with van der Waals surface area (Å²) in [5, 5.41) is 0. The van der Waals surface area contributed by atoms with E-state index >= 15 is 0 Å². The van der Waals surface area contributed by atoms with Crippen LogP contribution in [0.5, 0.6) is 0 Å². The van der Waals surface area contributed by atoms with Crippen LogP contribution in [0.1, 0.15) is 13.3 Å². The summed E-state index contributed by atoms with van der Waals surface area (Å²) in [6.07, 6.45) is 2.98. The van der Waals surface area contributed by atoms with Gasteiger partial charge in [0.15, 0.2) is 0 Å². The second-order valence-electron chi connectivity index (χ2n) is 4.60. The first-order valence-electron chi connectivity index (χ1n) is 5.83. The van der Waals surface area contributed by atoms with E-state index in [4.69, 9.17) is 5.73 Å². The quantitative estimate of drug-likeness (QED) is 0.772. The monoisotopic (exact) mass is 220 g/mol. The van der Waals surface area contributed by atoms with E-state index in [1.54, 1.807) is 6.20 Å². The van der Waals surface area contributed by atoms with Crippen molar-refractivity contribution in [2.45, 2.75) is 19.4 Å². The zero-order chi connectivity index (χ0) is 11.5. The van der Waals surface area contributed by atoms with Crippen molar-refractivity contribution in [3.05, 3.63) is 18.3 Å². The minimum atomic E-state index is 0.522. The van der Waals surface area contributed by atoms with Crippen LogP contribution >= 0.6 is 0 Å². The highest BCUT2D eigenvalue weighted by molar-refractivity contribution is 5.52. The number of nitrogen functional groups attached to an aromatic ring is 1. The van der Waals surface area contributed by atoms with Crippen LogP contribution in [0.3, 0.4) is 0 Å². The number of nitrogens with zero attached hydrogens (tertiary/aromatic N) is 3. The van der Waals surface area contributed by atoms with Gasteiger partial charge in [0.1, 0.15) is 5.82 Å². The maximum atomic E-state index is 5.73. The highest BCUT2D eigenvalue weighted by atomic mass is 15.2. The molecule has 2 rings (SSSR count). The van der Waals surface area contributed by atoms with Crippen LogP contribution in [0.2, 0.25) is 0 Å². The summed E-state index contributed by atoms with van der Waals surface area (Å²) >= 11 is 0. The Labute approximate surface area is 97.1 Å². The second kappa shape index (κ2) is 4.70. The van der Waals surface area contributed by atoms with E-state index in [9.17, 15) is 0 Å². The third kappa shape index (κ3) is 2.44. The Morgan fingerprint density at radius 1 is 1.44 bits per heavy atom. The Morgan fingerprint density at radius 2 is 2.25 bits per heavy atom. The van der Waals surface area contributed by atoms with Gasteiger partial charge in [0.05, 0.1) is 0 Å². The summed E-state index contributed by atoms with van der Waals surface area (Å²) in [6.45, 7) is 5.62. The first-order valence-corrected chi connectivity index (χ1v) is 5.83. The highest BCUT2D eigenvalue weighted by Gasteiger charge is 2.19. The molecule has 4 heteroatoms. The predicted molar refractivity (Wildman–Crippen MR) is 67.6 cm³/mol. The van der Waals surface area contributed by atoms with Crippen molar-refractivity contribution in [2.24, 2.45) is 0 Å². The van der Waals surface area contributed by atoms with Gasteiger partial charge in [-0.2, -0.15) is 0 Å². The molecular formula is C12H20N4. The maximum absolute atomic E-state index is 5.73. The van der Waals surface area contributed by atoms with E-state index in [2.05, 4.69) is 28.8 Å². The first kappa shape index (κ1) is 11.2. The molecule has 0 saturated carbocycles. The summed E-state index contributed by atoms with van der Waals surface area (Å²) in [5.41, 5.74) is 6.92. The van der Waals surface area contributed by atoms with Gasteiger partial charge in [-0.25, -0.2) is 4.98 Å². The molecule has 2 N–H and O–H groups in total. The van der Waals surface area contributed by atoms with Crippen LogP contribution in [-0.2, 0) is 0 Å². The van der Waals surface area contributed by atoms with Gasteiger partial charge in [0, 0.05) is 37.1 Å². The average Bonchev–Trinajstić information content (AvgIpc) is 2.39. The number of hydrogen-bond acceptors (Lipinski definition) is 4. The normalized spacial score (nSPS) is 23.1. The van der Waals surface area contributed by atoms with Gasteiger partial charge in [-0.3, -0.25) is 0 Å². The third-order valence-corrected chi connectivity index (χ3v) is 3.14. The van der Waals surface area contributed by atoms with Gasteiger partial charge in [-0.1, -0.05) is 0 Å². The summed E-state index contributed by atoms with van der Waals surface area (Å²) < 4.78 is 0. The molecule has 0 amide bonds. The van der Waals surface area contributed by atoms with E-state index in [-0.39, 0.29) is 0 Å². The molecule has 1 saturated heterocycles. The highest BCUT2D eigenvalue weighted by Crippen LogP contribution is 2.20. The van der Waals surface area contributed by atoms with Crippen LogP contribution < -0.4 is 10.6 Å². The average molecular weight is 220 g/mol. The summed E-state index contributed by atoms with van der Waals surface area (Å²) in [4.78, 5) is 8.84. The molecule has 16 heavy (non-hydrogen) atoms. The summed E-state index contributed by atoms with van der Waals surface area (Å²) in [7, 11) is 2.18. The largest absolute Gasteiger partial charge is 0.384 e. The third-order valence-electron chi connectivity index (χ3n) is 3.14. The lowest BCUT2D eigenvalue weighted by Gasteiger charge is -2.30. The van der Waals surface area contributed by atoms with Crippen molar-refractivity contribution < 1.29 is 0 Å². The van der Waals surface area contributed by atoms with Crippen molar-refractivity contribution in [3.8, 4) is 0 Å². The minimum absolute atomic E-state index is 0.522. The van der Waals surface area contributed by atoms with E-state index in [1.165, 1.54) is 18.7 Å². The number of rotatable bonds is 1. The fourth-order valence-electron chi connectivity index (χ4n) is 2.37. The van der Waals surface area contributed by atoms with Gasteiger partial charge in [0.25, 0.3) is 0 Å². The van der Waals surface area contributed by atoms with Gasteiger partial charge >= 0.3 is 0 Å². The number of hydrogen-bond donors (Lipinski definition) is 1. The molecule has 0 spiro atoms. The molecule has 0 radical (unpaired) electrons. The van der Waals surface area contributed by atoms with E-state index in [1.807, 2.05) is 12.1 Å². The fourth-order valence-corrected chi connectivity index (χ4v) is 2.37. The molecule has 4 nitrogen and oxygen atoms in total. The molecule has 1 atom stereocenters. The molecule has 88 valence electrons. The Bertz CT molecular complexity index is 353. The van der Waals surface area contributed by atoms with Crippen molar-refractivity contribution in [3.63, 3.8) is 0 Å². The zero-order valence-corrected chi connectivity index (χ0v) is 10.1. The molecule has 1 aromatic rings. The van der Waals surface area contributed by atoms with Gasteiger partial charge in [0.2, 0.25) is 0 Å². The SMILES string of the molecule is CC1CN(C)CCCN1c1ccnc(N)c1. The fraction of sp³-hybridized carbons (Fsp3) is 0.583. The first-order chi connectivity index (χ1) is 7.66. The molecule has 1 unspecified atom stereocenters. The number of likely N-dealkylation sites (N-methyl/N-ethyl adjacent to an activating group) is 1. The van der Waals surface area contributed by atoms with Gasteiger partial charge in [-0.15, -0.1) is 0 Å². The maximum Gasteiger partial charge on any atom is 0.125 e. The number of aromatic nitrogens is 1. The number of pyridine rings is 1. The van der Waals surface area contributed by atoms with Crippen LogP contribution in [-0.4, -0.2) is 42.6 Å². The van der Waals surface area contributed by atoms with Crippen LogP contribution in [0, 0.1) is 0 Å². The molecule has 1 aliphatic rings. The molecule has 1 fully saturated rings. The van der Waals surface area contributed by atoms with Gasteiger partial charge in [-0.05, 0) is 33.0 Å². The topological polar surface area (TPSA) is 45.4 Å². The van der Waals surface area contributed by atoms with E-state index < -0.39 is 0 Å². The molecule has 1 aromatic heterocycles. The van der Waals surface area contributed by atoms with Crippen LogP contribution in [0.15, 0.2) is 18.3 Å². The number of nitrogens with two attached hydrogens (primary N) is 1. The molecule has 1 aliphatic heterocycles. The van der Waals surface area contributed by atoms with Crippen molar-refractivity contribution >= 4 is 11.5 Å². The minimum Gasteiger partial charge on any atom is -0.384 e. The molecule has 2 heterocycles. The molecule has 0 aliphatic carbocycles. The van der Waals surface area contributed by atoms with Crippen molar-refractivity contribution in [1.29, 1.82) is 0 Å². The van der Waals surface area contributed by atoms with E-state index in [0.717, 1.165) is 13.1 Å². The van der Waals surface area contributed by atoms with Crippen molar-refractivity contribution in [1.82, 2.24) is 9.88 Å².